The van der Waals surface area contributed by atoms with E-state index < -0.39 is 0 Å². The van der Waals surface area contributed by atoms with E-state index in [1.54, 1.807) is 0 Å². The highest BCUT2D eigenvalue weighted by molar-refractivity contribution is 5.62. The zero-order valence-electron chi connectivity index (χ0n) is 15.6. The van der Waals surface area contributed by atoms with E-state index in [0.717, 1.165) is 25.1 Å². The van der Waals surface area contributed by atoms with Crippen LogP contribution in [0, 0.1) is 0 Å². The first-order valence-corrected chi connectivity index (χ1v) is 9.67. The van der Waals surface area contributed by atoms with Crippen LogP contribution < -0.4 is 4.90 Å². The standard InChI is InChI=1S/C24H28N2/c1-2-3-9-21-14-16-22(17-15-21)10-8-19-26(23-11-5-4-6-12-23)24-13-7-18-25-20-24/h4-7,11-18,20H,2-3,8-10,19H2,1H3. The number of para-hydroxylation sites is 1. The summed E-state index contributed by atoms with van der Waals surface area (Å²) in [5.74, 6) is 0. The van der Waals surface area contributed by atoms with Crippen molar-refractivity contribution >= 4 is 11.4 Å². The van der Waals surface area contributed by atoms with Gasteiger partial charge in [0, 0.05) is 18.4 Å². The number of aromatic nitrogens is 1. The lowest BCUT2D eigenvalue weighted by Gasteiger charge is -2.24. The number of anilines is 2. The molecule has 0 fully saturated rings. The predicted molar refractivity (Wildman–Crippen MR) is 111 cm³/mol. The summed E-state index contributed by atoms with van der Waals surface area (Å²) in [4.78, 5) is 6.64. The number of pyridine rings is 1. The fraction of sp³-hybridized carbons (Fsp3) is 0.292. The SMILES string of the molecule is CCCCc1ccc(CCCN(c2ccccc2)c2cccnc2)cc1. The highest BCUT2D eigenvalue weighted by atomic mass is 15.1. The predicted octanol–water partition coefficient (Wildman–Crippen LogP) is 6.20. The van der Waals surface area contributed by atoms with E-state index in [-0.39, 0.29) is 0 Å². The molecule has 3 aromatic rings. The van der Waals surface area contributed by atoms with E-state index in [1.807, 2.05) is 18.5 Å². The van der Waals surface area contributed by atoms with Gasteiger partial charge in [-0.05, 0) is 61.1 Å². The maximum atomic E-state index is 4.29. The summed E-state index contributed by atoms with van der Waals surface area (Å²) in [5, 5.41) is 0. The lowest BCUT2D eigenvalue weighted by Crippen LogP contribution is -2.19. The van der Waals surface area contributed by atoms with Crippen molar-refractivity contribution < 1.29 is 0 Å². The Bertz CT molecular complexity index is 712. The van der Waals surface area contributed by atoms with E-state index in [0.29, 0.717) is 0 Å². The normalized spacial score (nSPS) is 10.7. The van der Waals surface area contributed by atoms with Crippen molar-refractivity contribution in [3.05, 3.63) is 90.3 Å². The molecule has 0 bridgehead atoms. The van der Waals surface area contributed by atoms with Crippen molar-refractivity contribution in [3.63, 3.8) is 0 Å². The molecule has 0 aliphatic heterocycles. The molecule has 0 aliphatic rings. The number of unbranched alkanes of at least 4 members (excludes halogenated alkanes) is 1. The molecule has 0 aliphatic carbocycles. The molecule has 1 aromatic heterocycles. The molecule has 0 atom stereocenters. The minimum absolute atomic E-state index is 0.979. The molecular formula is C24H28N2. The topological polar surface area (TPSA) is 16.1 Å². The summed E-state index contributed by atoms with van der Waals surface area (Å²) in [7, 11) is 0. The van der Waals surface area contributed by atoms with E-state index in [4.69, 9.17) is 0 Å². The van der Waals surface area contributed by atoms with Crippen LogP contribution in [0.25, 0.3) is 0 Å². The summed E-state index contributed by atoms with van der Waals surface area (Å²) >= 11 is 0. The molecule has 2 aromatic carbocycles. The zero-order chi connectivity index (χ0) is 18.0. The molecule has 2 heteroatoms. The van der Waals surface area contributed by atoms with E-state index >= 15 is 0 Å². The molecule has 0 amide bonds. The Morgan fingerprint density at radius 1 is 0.731 bits per heavy atom. The van der Waals surface area contributed by atoms with Crippen molar-refractivity contribution in [2.24, 2.45) is 0 Å². The van der Waals surface area contributed by atoms with Gasteiger partial charge < -0.3 is 4.90 Å². The molecule has 0 N–H and O–H groups in total. The Hall–Kier alpha value is -2.61. The monoisotopic (exact) mass is 344 g/mol. The van der Waals surface area contributed by atoms with Crippen molar-refractivity contribution in [1.82, 2.24) is 4.98 Å². The second-order valence-corrected chi connectivity index (χ2v) is 6.72. The van der Waals surface area contributed by atoms with E-state index in [2.05, 4.69) is 77.5 Å². The molecule has 0 spiro atoms. The van der Waals surface area contributed by atoms with Crippen LogP contribution in [0.2, 0.25) is 0 Å². The summed E-state index contributed by atoms with van der Waals surface area (Å²) in [6, 6.07) is 23.9. The lowest BCUT2D eigenvalue weighted by molar-refractivity contribution is 0.790. The maximum absolute atomic E-state index is 4.29. The average Bonchev–Trinajstić information content (AvgIpc) is 2.72. The van der Waals surface area contributed by atoms with Gasteiger partial charge in [-0.25, -0.2) is 0 Å². The van der Waals surface area contributed by atoms with Crippen molar-refractivity contribution in [3.8, 4) is 0 Å². The fourth-order valence-electron chi connectivity index (χ4n) is 3.22. The molecule has 1 heterocycles. The van der Waals surface area contributed by atoms with Gasteiger partial charge in [0.15, 0.2) is 0 Å². The van der Waals surface area contributed by atoms with Crippen LogP contribution in [0.3, 0.4) is 0 Å². The van der Waals surface area contributed by atoms with E-state index in [9.17, 15) is 0 Å². The summed E-state index contributed by atoms with van der Waals surface area (Å²) < 4.78 is 0. The van der Waals surface area contributed by atoms with Crippen LogP contribution in [0.15, 0.2) is 79.1 Å². The second kappa shape index (κ2) is 9.76. The highest BCUT2D eigenvalue weighted by Gasteiger charge is 2.09. The third kappa shape index (κ3) is 5.19. The lowest BCUT2D eigenvalue weighted by atomic mass is 10.0. The van der Waals surface area contributed by atoms with Gasteiger partial charge in [0.2, 0.25) is 0 Å². The highest BCUT2D eigenvalue weighted by Crippen LogP contribution is 2.24. The number of rotatable bonds is 9. The van der Waals surface area contributed by atoms with Gasteiger partial charge in [0.25, 0.3) is 0 Å². The maximum Gasteiger partial charge on any atom is 0.0597 e. The second-order valence-electron chi connectivity index (χ2n) is 6.72. The summed E-state index contributed by atoms with van der Waals surface area (Å²) in [6.45, 7) is 3.22. The molecule has 0 unspecified atom stereocenters. The summed E-state index contributed by atoms with van der Waals surface area (Å²) in [5.41, 5.74) is 5.24. The molecule has 134 valence electrons. The van der Waals surface area contributed by atoms with Crippen LogP contribution in [0.5, 0.6) is 0 Å². The van der Waals surface area contributed by atoms with Crippen molar-refractivity contribution in [2.75, 3.05) is 11.4 Å². The van der Waals surface area contributed by atoms with Gasteiger partial charge in [-0.2, -0.15) is 0 Å². The molecule has 3 rings (SSSR count). The van der Waals surface area contributed by atoms with Crippen LogP contribution in [-0.4, -0.2) is 11.5 Å². The van der Waals surface area contributed by atoms with Gasteiger partial charge in [0.05, 0.1) is 11.9 Å². The first-order valence-electron chi connectivity index (χ1n) is 9.67. The smallest absolute Gasteiger partial charge is 0.0597 e. The van der Waals surface area contributed by atoms with Gasteiger partial charge in [-0.1, -0.05) is 55.8 Å². The average molecular weight is 345 g/mol. The minimum Gasteiger partial charge on any atom is -0.340 e. The van der Waals surface area contributed by atoms with Gasteiger partial charge in [0.1, 0.15) is 0 Å². The first-order chi connectivity index (χ1) is 12.9. The third-order valence-electron chi connectivity index (χ3n) is 4.71. The number of hydrogen-bond donors (Lipinski definition) is 0. The third-order valence-corrected chi connectivity index (χ3v) is 4.71. The molecule has 0 saturated heterocycles. The number of hydrogen-bond acceptors (Lipinski definition) is 2. The van der Waals surface area contributed by atoms with Crippen LogP contribution in [0.4, 0.5) is 11.4 Å². The van der Waals surface area contributed by atoms with Crippen molar-refractivity contribution in [1.29, 1.82) is 0 Å². The fourth-order valence-corrected chi connectivity index (χ4v) is 3.22. The van der Waals surface area contributed by atoms with Crippen LogP contribution in [-0.2, 0) is 12.8 Å². The number of aryl methyl sites for hydroxylation is 2. The molecule has 2 nitrogen and oxygen atoms in total. The van der Waals surface area contributed by atoms with Crippen LogP contribution in [0.1, 0.15) is 37.3 Å². The molecule has 0 saturated carbocycles. The Kier molecular flexibility index (Phi) is 6.83. The Morgan fingerprint density at radius 2 is 1.38 bits per heavy atom. The Morgan fingerprint density at radius 3 is 2.00 bits per heavy atom. The molecule has 0 radical (unpaired) electrons. The Balaban J connectivity index is 1.61. The van der Waals surface area contributed by atoms with Gasteiger partial charge >= 0.3 is 0 Å². The Labute approximate surface area is 157 Å². The number of nitrogens with zero attached hydrogens (tertiary/aromatic N) is 2. The van der Waals surface area contributed by atoms with Gasteiger partial charge in [-0.15, -0.1) is 0 Å². The molecule has 26 heavy (non-hydrogen) atoms. The van der Waals surface area contributed by atoms with Crippen molar-refractivity contribution in [2.45, 2.75) is 39.0 Å². The minimum atomic E-state index is 0.979. The van der Waals surface area contributed by atoms with E-state index in [1.165, 1.54) is 36.1 Å². The molecular weight excluding hydrogens is 316 g/mol. The largest absolute Gasteiger partial charge is 0.340 e. The summed E-state index contributed by atoms with van der Waals surface area (Å²) in [6.07, 6.45) is 9.69. The quantitative estimate of drug-likeness (QED) is 0.460. The van der Waals surface area contributed by atoms with Gasteiger partial charge in [-0.3, -0.25) is 4.98 Å². The first kappa shape index (κ1) is 18.2. The van der Waals surface area contributed by atoms with Crippen LogP contribution >= 0.6 is 0 Å². The number of benzene rings is 2. The zero-order valence-corrected chi connectivity index (χ0v) is 15.6.